The zero-order valence-corrected chi connectivity index (χ0v) is 11.1. The van der Waals surface area contributed by atoms with Crippen molar-refractivity contribution in [3.63, 3.8) is 0 Å². The fourth-order valence-corrected chi connectivity index (χ4v) is 2.32. The van der Waals surface area contributed by atoms with Crippen LogP contribution in [0.3, 0.4) is 0 Å². The highest BCUT2D eigenvalue weighted by Crippen LogP contribution is 2.37. The van der Waals surface area contributed by atoms with E-state index in [0.717, 1.165) is 29.5 Å². The van der Waals surface area contributed by atoms with E-state index in [4.69, 9.17) is 10.5 Å². The van der Waals surface area contributed by atoms with Crippen LogP contribution in [0.25, 0.3) is 11.4 Å². The zero-order chi connectivity index (χ0) is 14.1. The van der Waals surface area contributed by atoms with Crippen LogP contribution < -0.4 is 15.8 Å². The topological polar surface area (TPSA) is 73.1 Å². The minimum Gasteiger partial charge on any atom is -0.488 e. The third kappa shape index (κ3) is 2.08. The van der Waals surface area contributed by atoms with Crippen LogP contribution in [0.15, 0.2) is 24.4 Å². The predicted molar refractivity (Wildman–Crippen MR) is 74.1 cm³/mol. The molecule has 2 aromatic rings. The third-order valence-electron chi connectivity index (χ3n) is 3.31. The molecule has 1 aliphatic rings. The van der Waals surface area contributed by atoms with Crippen LogP contribution in [0, 0.1) is 5.82 Å². The second-order valence-electron chi connectivity index (χ2n) is 4.61. The maximum absolute atomic E-state index is 13.4. The van der Waals surface area contributed by atoms with Crippen molar-refractivity contribution < 1.29 is 9.13 Å². The fraction of sp³-hybridized carbons (Fsp3) is 0.286. The molecule has 0 unspecified atom stereocenters. The number of anilines is 1. The second kappa shape index (κ2) is 5.05. The Bertz CT molecular complexity index is 647. The van der Waals surface area contributed by atoms with Crippen molar-refractivity contribution in [2.24, 2.45) is 5.73 Å². The summed E-state index contributed by atoms with van der Waals surface area (Å²) in [5.74, 6) is 0.868. The van der Waals surface area contributed by atoms with Crippen molar-refractivity contribution in [1.29, 1.82) is 0 Å². The summed E-state index contributed by atoms with van der Waals surface area (Å²) >= 11 is 0. The Hall–Kier alpha value is -2.21. The molecule has 5 nitrogen and oxygen atoms in total. The number of aromatic nitrogens is 2. The van der Waals surface area contributed by atoms with Crippen LogP contribution in [-0.4, -0.2) is 29.7 Å². The zero-order valence-electron chi connectivity index (χ0n) is 11.1. The molecule has 2 heterocycles. The van der Waals surface area contributed by atoms with E-state index < -0.39 is 5.82 Å². The standard InChI is InChI=1S/C14H15FN4O/c1-17-14-11(15)7-18-13(19-14)10-4-2-3-8-5-9(6-16)20-12(8)10/h2-4,7,9H,5-6,16H2,1H3,(H,17,18,19)/t9-/m0/s1. The van der Waals surface area contributed by atoms with Gasteiger partial charge in [-0.15, -0.1) is 0 Å². The molecular formula is C14H15FN4O. The normalized spacial score (nSPS) is 16.6. The molecular weight excluding hydrogens is 259 g/mol. The first-order chi connectivity index (χ1) is 9.72. The molecule has 1 aromatic carbocycles. The summed E-state index contributed by atoms with van der Waals surface area (Å²) in [4.78, 5) is 8.23. The average molecular weight is 274 g/mol. The lowest BCUT2D eigenvalue weighted by Crippen LogP contribution is -2.24. The van der Waals surface area contributed by atoms with Gasteiger partial charge in [-0.25, -0.2) is 14.4 Å². The highest BCUT2D eigenvalue weighted by Gasteiger charge is 2.25. The van der Waals surface area contributed by atoms with Gasteiger partial charge >= 0.3 is 0 Å². The largest absolute Gasteiger partial charge is 0.488 e. The molecule has 0 saturated heterocycles. The lowest BCUT2D eigenvalue weighted by Gasteiger charge is -2.10. The predicted octanol–water partition coefficient (Wildman–Crippen LogP) is 1.59. The summed E-state index contributed by atoms with van der Waals surface area (Å²) in [5, 5.41) is 2.71. The maximum atomic E-state index is 13.4. The van der Waals surface area contributed by atoms with Crippen LogP contribution >= 0.6 is 0 Å². The number of ether oxygens (including phenoxy) is 1. The number of rotatable bonds is 3. The molecule has 0 radical (unpaired) electrons. The molecule has 3 rings (SSSR count). The summed E-state index contributed by atoms with van der Waals surface area (Å²) in [6, 6.07) is 5.78. The number of hydrogen-bond donors (Lipinski definition) is 2. The van der Waals surface area contributed by atoms with Gasteiger partial charge in [-0.3, -0.25) is 0 Å². The van der Waals surface area contributed by atoms with Crippen molar-refractivity contribution >= 4 is 5.82 Å². The molecule has 0 fully saturated rings. The molecule has 1 aromatic heterocycles. The molecule has 104 valence electrons. The molecule has 1 aliphatic heterocycles. The van der Waals surface area contributed by atoms with Gasteiger partial charge in [0.1, 0.15) is 11.9 Å². The summed E-state index contributed by atoms with van der Waals surface area (Å²) < 4.78 is 19.3. The van der Waals surface area contributed by atoms with Crippen LogP contribution in [0.5, 0.6) is 5.75 Å². The van der Waals surface area contributed by atoms with E-state index >= 15 is 0 Å². The molecule has 0 bridgehead atoms. The molecule has 6 heteroatoms. The Balaban J connectivity index is 2.06. The van der Waals surface area contributed by atoms with Crippen LogP contribution in [-0.2, 0) is 6.42 Å². The molecule has 0 saturated carbocycles. The van der Waals surface area contributed by atoms with Crippen molar-refractivity contribution in [1.82, 2.24) is 9.97 Å². The first kappa shape index (κ1) is 12.8. The van der Waals surface area contributed by atoms with Crippen LogP contribution in [0.1, 0.15) is 5.56 Å². The van der Waals surface area contributed by atoms with E-state index in [-0.39, 0.29) is 11.9 Å². The van der Waals surface area contributed by atoms with Crippen molar-refractivity contribution in [2.45, 2.75) is 12.5 Å². The molecule has 3 N–H and O–H groups in total. The SMILES string of the molecule is CNc1nc(-c2cccc3c2O[C@H](CN)C3)ncc1F. The number of fused-ring (bicyclic) bond motifs is 1. The van der Waals surface area contributed by atoms with Gasteiger partial charge in [0, 0.05) is 20.0 Å². The molecule has 0 spiro atoms. The molecule has 20 heavy (non-hydrogen) atoms. The van der Waals surface area contributed by atoms with Crippen molar-refractivity contribution in [3.8, 4) is 17.1 Å². The quantitative estimate of drug-likeness (QED) is 0.889. The lowest BCUT2D eigenvalue weighted by atomic mass is 10.1. The van der Waals surface area contributed by atoms with Gasteiger partial charge in [0.25, 0.3) is 0 Å². The second-order valence-corrected chi connectivity index (χ2v) is 4.61. The summed E-state index contributed by atoms with van der Waals surface area (Å²) in [6.07, 6.45) is 1.92. The number of hydrogen-bond acceptors (Lipinski definition) is 5. The Morgan fingerprint density at radius 1 is 1.50 bits per heavy atom. The summed E-state index contributed by atoms with van der Waals surface area (Å²) in [6.45, 7) is 0.458. The van der Waals surface area contributed by atoms with Gasteiger partial charge in [-0.05, 0) is 11.6 Å². The summed E-state index contributed by atoms with van der Waals surface area (Å²) in [7, 11) is 1.62. The van der Waals surface area contributed by atoms with Gasteiger partial charge in [-0.2, -0.15) is 0 Å². The minimum absolute atomic E-state index is 0.0182. The number of para-hydroxylation sites is 1. The smallest absolute Gasteiger partial charge is 0.183 e. The molecule has 1 atom stereocenters. The maximum Gasteiger partial charge on any atom is 0.183 e. The third-order valence-corrected chi connectivity index (χ3v) is 3.31. The number of nitrogens with zero attached hydrogens (tertiary/aromatic N) is 2. The summed E-state index contributed by atoms with van der Waals surface area (Å²) in [5.41, 5.74) is 7.49. The van der Waals surface area contributed by atoms with Gasteiger partial charge in [0.05, 0.1) is 11.8 Å². The van der Waals surface area contributed by atoms with Crippen LogP contribution in [0.2, 0.25) is 0 Å². The Kier molecular flexibility index (Phi) is 3.23. The van der Waals surface area contributed by atoms with E-state index in [1.165, 1.54) is 0 Å². The van der Waals surface area contributed by atoms with E-state index in [1.807, 2.05) is 18.2 Å². The van der Waals surface area contributed by atoms with E-state index in [2.05, 4.69) is 15.3 Å². The Morgan fingerprint density at radius 2 is 2.35 bits per heavy atom. The van der Waals surface area contributed by atoms with E-state index in [1.54, 1.807) is 7.05 Å². The lowest BCUT2D eigenvalue weighted by molar-refractivity contribution is 0.242. The van der Waals surface area contributed by atoms with E-state index in [9.17, 15) is 4.39 Å². The molecule has 0 aliphatic carbocycles. The van der Waals surface area contributed by atoms with E-state index in [0.29, 0.717) is 12.4 Å². The number of nitrogens with one attached hydrogen (secondary N) is 1. The van der Waals surface area contributed by atoms with Crippen molar-refractivity contribution in [2.75, 3.05) is 18.9 Å². The monoisotopic (exact) mass is 274 g/mol. The van der Waals surface area contributed by atoms with Gasteiger partial charge < -0.3 is 15.8 Å². The highest BCUT2D eigenvalue weighted by molar-refractivity contribution is 5.68. The Morgan fingerprint density at radius 3 is 3.10 bits per heavy atom. The average Bonchev–Trinajstić information content (AvgIpc) is 2.91. The first-order valence-electron chi connectivity index (χ1n) is 6.42. The van der Waals surface area contributed by atoms with Gasteiger partial charge in [0.2, 0.25) is 0 Å². The van der Waals surface area contributed by atoms with Crippen molar-refractivity contribution in [3.05, 3.63) is 35.8 Å². The van der Waals surface area contributed by atoms with Crippen LogP contribution in [0.4, 0.5) is 10.2 Å². The number of nitrogens with two attached hydrogens (primary N) is 1. The number of halogens is 1. The highest BCUT2D eigenvalue weighted by atomic mass is 19.1. The Labute approximate surface area is 116 Å². The molecule has 0 amide bonds. The fourth-order valence-electron chi connectivity index (χ4n) is 2.32. The number of benzene rings is 1. The van der Waals surface area contributed by atoms with Gasteiger partial charge in [0.15, 0.2) is 17.5 Å². The van der Waals surface area contributed by atoms with Gasteiger partial charge in [-0.1, -0.05) is 12.1 Å². The first-order valence-corrected chi connectivity index (χ1v) is 6.42. The minimum atomic E-state index is -0.482.